The zero-order valence-corrected chi connectivity index (χ0v) is 15.7. The van der Waals surface area contributed by atoms with Gasteiger partial charge in [-0.3, -0.25) is 9.78 Å². The van der Waals surface area contributed by atoms with Gasteiger partial charge in [-0.2, -0.15) is 5.10 Å². The highest BCUT2D eigenvalue weighted by Gasteiger charge is 2.20. The minimum atomic E-state index is -0.827. The first-order valence-electron chi connectivity index (χ1n) is 8.38. The highest BCUT2D eigenvalue weighted by molar-refractivity contribution is 6.12. The summed E-state index contributed by atoms with van der Waals surface area (Å²) in [4.78, 5) is 17.0. The molecule has 0 fully saturated rings. The number of halogens is 3. The number of carbonyl (C=O) groups excluding carboxylic acids is 1. The average Bonchev–Trinajstić information content (AvgIpc) is 3.09. The molecule has 0 aliphatic rings. The third kappa shape index (κ3) is 3.86. The van der Waals surface area contributed by atoms with E-state index in [2.05, 4.69) is 10.1 Å². The number of pyridine rings is 1. The maximum Gasteiger partial charge on any atom is 0.198 e. The summed E-state index contributed by atoms with van der Waals surface area (Å²) in [7, 11) is 0. The molecule has 29 heavy (non-hydrogen) atoms. The first-order valence-corrected chi connectivity index (χ1v) is 8.38. The number of benzene rings is 2. The number of anilines is 1. The standard InChI is InChI=1S/C21H14F2N4O.ClH/c22-16-6-7-19(18(23)10-16)27-21(24)17(12-26-27)20(28)14-4-1-3-13(9-14)15-5-2-8-25-11-15;/h1-12H,24H2;1H. The van der Waals surface area contributed by atoms with Crippen LogP contribution in [0.1, 0.15) is 15.9 Å². The molecule has 0 spiro atoms. The predicted molar refractivity (Wildman–Crippen MR) is 108 cm³/mol. The van der Waals surface area contributed by atoms with Crippen LogP contribution in [0.5, 0.6) is 0 Å². The van der Waals surface area contributed by atoms with E-state index in [1.54, 1.807) is 30.6 Å². The van der Waals surface area contributed by atoms with Crippen molar-refractivity contribution in [3.05, 3.63) is 95.9 Å². The van der Waals surface area contributed by atoms with Gasteiger partial charge in [-0.25, -0.2) is 13.5 Å². The molecule has 0 atom stereocenters. The van der Waals surface area contributed by atoms with Crippen molar-refractivity contribution in [1.82, 2.24) is 14.8 Å². The molecule has 2 aromatic heterocycles. The van der Waals surface area contributed by atoms with Gasteiger partial charge in [-0.05, 0) is 29.8 Å². The molecule has 2 aromatic carbocycles. The van der Waals surface area contributed by atoms with Gasteiger partial charge >= 0.3 is 0 Å². The quantitative estimate of drug-likeness (QED) is 0.503. The van der Waals surface area contributed by atoms with Crippen LogP contribution in [0.3, 0.4) is 0 Å². The van der Waals surface area contributed by atoms with Crippen molar-refractivity contribution < 1.29 is 13.6 Å². The summed E-state index contributed by atoms with van der Waals surface area (Å²) >= 11 is 0. The second-order valence-electron chi connectivity index (χ2n) is 6.10. The Labute approximate surface area is 171 Å². The summed E-state index contributed by atoms with van der Waals surface area (Å²) in [5, 5.41) is 4.00. The van der Waals surface area contributed by atoms with E-state index in [-0.39, 0.29) is 35.3 Å². The number of nitrogens with two attached hydrogens (primary N) is 1. The van der Waals surface area contributed by atoms with Gasteiger partial charge in [0.05, 0.1) is 11.8 Å². The second-order valence-corrected chi connectivity index (χ2v) is 6.10. The van der Waals surface area contributed by atoms with E-state index in [1.807, 2.05) is 18.2 Å². The Kier molecular flexibility index (Phi) is 5.70. The number of rotatable bonds is 4. The number of ketones is 1. The van der Waals surface area contributed by atoms with Crippen LogP contribution < -0.4 is 5.73 Å². The molecule has 0 saturated carbocycles. The van der Waals surface area contributed by atoms with E-state index in [0.717, 1.165) is 27.9 Å². The fraction of sp³-hybridized carbons (Fsp3) is 0. The molecule has 4 rings (SSSR count). The molecule has 146 valence electrons. The van der Waals surface area contributed by atoms with E-state index in [1.165, 1.54) is 12.3 Å². The van der Waals surface area contributed by atoms with Crippen molar-refractivity contribution in [2.45, 2.75) is 0 Å². The first-order chi connectivity index (χ1) is 13.5. The number of hydrogen-bond acceptors (Lipinski definition) is 4. The third-order valence-corrected chi connectivity index (χ3v) is 4.31. The first kappa shape index (κ1) is 20.2. The average molecular weight is 413 g/mol. The maximum atomic E-state index is 14.0. The topological polar surface area (TPSA) is 73.8 Å². The fourth-order valence-electron chi connectivity index (χ4n) is 2.91. The molecule has 0 aliphatic heterocycles. The van der Waals surface area contributed by atoms with Crippen molar-refractivity contribution in [1.29, 1.82) is 0 Å². The zero-order chi connectivity index (χ0) is 19.7. The van der Waals surface area contributed by atoms with E-state index in [0.29, 0.717) is 5.56 Å². The second kappa shape index (κ2) is 8.20. The zero-order valence-electron chi connectivity index (χ0n) is 14.9. The van der Waals surface area contributed by atoms with Crippen molar-refractivity contribution in [2.24, 2.45) is 0 Å². The van der Waals surface area contributed by atoms with Gasteiger partial charge in [0.15, 0.2) is 11.6 Å². The lowest BCUT2D eigenvalue weighted by molar-refractivity contribution is 0.103. The molecule has 0 amide bonds. The molecular formula is C21H15ClF2N4O. The molecule has 5 nitrogen and oxygen atoms in total. The number of aromatic nitrogens is 3. The van der Waals surface area contributed by atoms with Gasteiger partial charge in [0.25, 0.3) is 0 Å². The van der Waals surface area contributed by atoms with Crippen molar-refractivity contribution in [3.8, 4) is 16.8 Å². The van der Waals surface area contributed by atoms with Crippen molar-refractivity contribution >= 4 is 24.0 Å². The Bertz CT molecular complexity index is 1180. The molecule has 0 bridgehead atoms. The minimum Gasteiger partial charge on any atom is -0.383 e. The predicted octanol–water partition coefficient (Wildman–Crippen LogP) is 4.45. The summed E-state index contributed by atoms with van der Waals surface area (Å²) < 4.78 is 28.3. The lowest BCUT2D eigenvalue weighted by atomic mass is 10.00. The molecule has 4 aromatic rings. The minimum absolute atomic E-state index is 0. The summed E-state index contributed by atoms with van der Waals surface area (Å²) in [5.41, 5.74) is 8.24. The Morgan fingerprint density at radius 2 is 1.76 bits per heavy atom. The van der Waals surface area contributed by atoms with Crippen molar-refractivity contribution in [2.75, 3.05) is 5.73 Å². The highest BCUT2D eigenvalue weighted by atomic mass is 35.5. The molecular weight excluding hydrogens is 398 g/mol. The maximum absolute atomic E-state index is 14.0. The summed E-state index contributed by atoms with van der Waals surface area (Å²) in [6, 6.07) is 13.8. The Balaban J connectivity index is 0.00000240. The van der Waals surface area contributed by atoms with Gasteiger partial charge in [0.2, 0.25) is 0 Å². The van der Waals surface area contributed by atoms with Crippen LogP contribution in [0.25, 0.3) is 16.8 Å². The summed E-state index contributed by atoms with van der Waals surface area (Å²) in [5.74, 6) is -1.91. The van der Waals surface area contributed by atoms with Crippen LogP contribution in [0, 0.1) is 11.6 Å². The van der Waals surface area contributed by atoms with Gasteiger partial charge in [-0.1, -0.05) is 24.3 Å². The van der Waals surface area contributed by atoms with Crippen LogP contribution >= 0.6 is 12.4 Å². The van der Waals surface area contributed by atoms with E-state index in [4.69, 9.17) is 5.73 Å². The van der Waals surface area contributed by atoms with Crippen LogP contribution in [-0.4, -0.2) is 20.5 Å². The molecule has 2 N–H and O–H groups in total. The van der Waals surface area contributed by atoms with Gasteiger partial charge < -0.3 is 5.73 Å². The SMILES string of the molecule is Cl.Nc1c(C(=O)c2cccc(-c3cccnc3)c2)cnn1-c1ccc(F)cc1F. The highest BCUT2D eigenvalue weighted by Crippen LogP contribution is 2.25. The van der Waals surface area contributed by atoms with Crippen LogP contribution in [0.15, 0.2) is 73.2 Å². The van der Waals surface area contributed by atoms with E-state index in [9.17, 15) is 13.6 Å². The summed E-state index contributed by atoms with van der Waals surface area (Å²) in [6.45, 7) is 0. The summed E-state index contributed by atoms with van der Waals surface area (Å²) in [6.07, 6.45) is 4.65. The van der Waals surface area contributed by atoms with Gasteiger partial charge in [-0.15, -0.1) is 12.4 Å². The smallest absolute Gasteiger partial charge is 0.198 e. The monoisotopic (exact) mass is 412 g/mol. The number of nitrogen functional groups attached to an aromatic ring is 1. The molecule has 0 radical (unpaired) electrons. The van der Waals surface area contributed by atoms with Gasteiger partial charge in [0, 0.05) is 29.6 Å². The van der Waals surface area contributed by atoms with Crippen LogP contribution in [0.4, 0.5) is 14.6 Å². The normalized spacial score (nSPS) is 10.4. The third-order valence-electron chi connectivity index (χ3n) is 4.31. The molecule has 2 heterocycles. The fourth-order valence-corrected chi connectivity index (χ4v) is 2.91. The lowest BCUT2D eigenvalue weighted by Gasteiger charge is -2.07. The van der Waals surface area contributed by atoms with E-state index >= 15 is 0 Å². The number of carbonyl (C=O) groups is 1. The number of hydrogen-bond donors (Lipinski definition) is 1. The lowest BCUT2D eigenvalue weighted by Crippen LogP contribution is -2.08. The van der Waals surface area contributed by atoms with Gasteiger partial charge in [0.1, 0.15) is 17.3 Å². The van der Waals surface area contributed by atoms with E-state index < -0.39 is 11.6 Å². The Hall–Kier alpha value is -3.58. The van der Waals surface area contributed by atoms with Crippen LogP contribution in [-0.2, 0) is 0 Å². The van der Waals surface area contributed by atoms with Crippen LogP contribution in [0.2, 0.25) is 0 Å². The number of nitrogens with zero attached hydrogens (tertiary/aromatic N) is 3. The molecule has 8 heteroatoms. The Morgan fingerprint density at radius 3 is 2.48 bits per heavy atom. The Morgan fingerprint density at radius 1 is 0.966 bits per heavy atom. The molecule has 0 unspecified atom stereocenters. The van der Waals surface area contributed by atoms with Crippen molar-refractivity contribution in [3.63, 3.8) is 0 Å². The largest absolute Gasteiger partial charge is 0.383 e. The molecule has 0 saturated heterocycles. The molecule has 0 aliphatic carbocycles.